The number of hydrogen-bond donors (Lipinski definition) is 2. The van der Waals surface area contributed by atoms with Gasteiger partial charge in [0.25, 0.3) is 0 Å². The number of aromatic nitrogens is 3. The van der Waals surface area contributed by atoms with Crippen molar-refractivity contribution in [3.63, 3.8) is 0 Å². The molecule has 5 aromatic rings. The average Bonchev–Trinajstić information content (AvgIpc) is 3.58. The zero-order chi connectivity index (χ0) is 33.0. The van der Waals surface area contributed by atoms with Gasteiger partial charge in [0.05, 0.1) is 27.0 Å². The summed E-state index contributed by atoms with van der Waals surface area (Å²) in [4.78, 5) is 20.5. The summed E-state index contributed by atoms with van der Waals surface area (Å²) in [6.07, 6.45) is 2.35. The molecule has 2 aliphatic heterocycles. The van der Waals surface area contributed by atoms with Crippen molar-refractivity contribution in [2.45, 2.75) is 70.6 Å². The summed E-state index contributed by atoms with van der Waals surface area (Å²) in [6.45, 7) is 12.1. The molecule has 0 unspecified atom stereocenters. The van der Waals surface area contributed by atoms with Crippen molar-refractivity contribution >= 4 is 50.0 Å². The minimum atomic E-state index is -1.15. The molecule has 2 saturated heterocycles. The van der Waals surface area contributed by atoms with Crippen molar-refractivity contribution in [2.24, 2.45) is 7.05 Å². The summed E-state index contributed by atoms with van der Waals surface area (Å²) in [5, 5.41) is 21.7. The fourth-order valence-electron chi connectivity index (χ4n) is 7.09. The lowest BCUT2D eigenvalue weighted by atomic mass is 9.90. The number of carboxylic acids is 1. The van der Waals surface area contributed by atoms with Gasteiger partial charge in [-0.25, -0.2) is 9.78 Å². The van der Waals surface area contributed by atoms with Gasteiger partial charge in [-0.15, -0.1) is 11.3 Å². The molecule has 2 fully saturated rings. The second-order valence-electron chi connectivity index (χ2n) is 14.1. The highest BCUT2D eigenvalue weighted by Gasteiger charge is 2.33. The number of piperidine rings is 1. The number of rotatable bonds is 8. The Morgan fingerprint density at radius 1 is 1.11 bits per heavy atom. The lowest BCUT2D eigenvalue weighted by molar-refractivity contribution is -0.160. The summed E-state index contributed by atoms with van der Waals surface area (Å²) < 4.78 is 9.12. The smallest absolute Gasteiger partial charge is 0.337 e. The van der Waals surface area contributed by atoms with Gasteiger partial charge in [0.2, 0.25) is 0 Å². The molecule has 47 heavy (non-hydrogen) atoms. The van der Waals surface area contributed by atoms with E-state index in [9.17, 15) is 9.90 Å². The van der Waals surface area contributed by atoms with Gasteiger partial charge in [-0.1, -0.05) is 23.7 Å². The number of fused-ring (bicyclic) bond motifs is 2. The highest BCUT2D eigenvalue weighted by Crippen LogP contribution is 2.45. The molecule has 0 saturated carbocycles. The molecule has 0 amide bonds. The molecule has 246 valence electrons. The third-order valence-electron chi connectivity index (χ3n) is 9.52. The number of thiazole rings is 1. The molecule has 8 nitrogen and oxygen atoms in total. The van der Waals surface area contributed by atoms with Gasteiger partial charge >= 0.3 is 5.97 Å². The van der Waals surface area contributed by atoms with Crippen molar-refractivity contribution in [3.05, 3.63) is 70.4 Å². The Labute approximate surface area is 284 Å². The summed E-state index contributed by atoms with van der Waals surface area (Å²) in [5.74, 6) is -0.602. The zero-order valence-corrected chi connectivity index (χ0v) is 29.2. The molecular weight excluding hydrogens is 630 g/mol. The molecule has 2 aliphatic rings. The van der Waals surface area contributed by atoms with Crippen LogP contribution in [0.5, 0.6) is 0 Å². The van der Waals surface area contributed by atoms with Crippen molar-refractivity contribution in [3.8, 4) is 21.7 Å². The monoisotopic (exact) mass is 671 g/mol. The first-order chi connectivity index (χ1) is 22.4. The molecule has 0 radical (unpaired) electrons. The maximum Gasteiger partial charge on any atom is 0.337 e. The van der Waals surface area contributed by atoms with Gasteiger partial charge in [-0.2, -0.15) is 5.10 Å². The lowest BCUT2D eigenvalue weighted by Gasteiger charge is -2.37. The van der Waals surface area contributed by atoms with E-state index in [1.165, 1.54) is 17.5 Å². The Kier molecular flexibility index (Phi) is 8.64. The second-order valence-corrected chi connectivity index (χ2v) is 15.5. The van der Waals surface area contributed by atoms with Crippen molar-refractivity contribution < 1.29 is 14.6 Å². The van der Waals surface area contributed by atoms with Crippen LogP contribution in [0.3, 0.4) is 0 Å². The van der Waals surface area contributed by atoms with Crippen LogP contribution in [0.1, 0.15) is 68.9 Å². The maximum atomic E-state index is 12.7. The fraction of sp³-hybridized carbons (Fsp3) is 0.432. The second kappa shape index (κ2) is 12.6. The van der Waals surface area contributed by atoms with E-state index in [2.05, 4.69) is 28.4 Å². The van der Waals surface area contributed by atoms with E-state index in [0.717, 1.165) is 82.0 Å². The topological polar surface area (TPSA) is 92.5 Å². The van der Waals surface area contributed by atoms with Gasteiger partial charge in [0.15, 0.2) is 6.10 Å². The first-order valence-electron chi connectivity index (χ1n) is 16.5. The minimum Gasteiger partial charge on any atom is -0.479 e. The zero-order valence-electron chi connectivity index (χ0n) is 27.6. The summed E-state index contributed by atoms with van der Waals surface area (Å²) in [7, 11) is 2.03. The SMILES string of the molecule is Cc1cc2nc(-c3ccc4c(c3)c(C3CCN(C[C@H]5CCN5)CC3)nn4C)sc2c(-c2ccc(Cl)cc2)c1[C@H](OC(C)(C)C)C(=O)O. The molecule has 2 atom stereocenters. The van der Waals surface area contributed by atoms with Crippen LogP contribution in [0.2, 0.25) is 5.02 Å². The van der Waals surface area contributed by atoms with E-state index in [-0.39, 0.29) is 0 Å². The first-order valence-corrected chi connectivity index (χ1v) is 17.7. The third-order valence-corrected chi connectivity index (χ3v) is 10.9. The Balaban J connectivity index is 1.30. The Hall–Kier alpha value is -3.34. The summed E-state index contributed by atoms with van der Waals surface area (Å²) in [6, 6.07) is 16.7. The molecule has 2 aromatic heterocycles. The van der Waals surface area contributed by atoms with Crippen molar-refractivity contribution in [1.29, 1.82) is 0 Å². The molecule has 2 N–H and O–H groups in total. The largest absolute Gasteiger partial charge is 0.479 e. The number of hydrogen-bond acceptors (Lipinski definition) is 7. The molecule has 4 heterocycles. The van der Waals surface area contributed by atoms with Crippen LogP contribution in [-0.2, 0) is 16.6 Å². The van der Waals surface area contributed by atoms with Crippen LogP contribution in [-0.4, -0.2) is 68.6 Å². The highest BCUT2D eigenvalue weighted by atomic mass is 35.5. The van der Waals surface area contributed by atoms with Crippen molar-refractivity contribution in [1.82, 2.24) is 25.0 Å². The van der Waals surface area contributed by atoms with Crippen LogP contribution in [0.4, 0.5) is 0 Å². The average molecular weight is 672 g/mol. The molecular formula is C37H42ClN5O3S. The van der Waals surface area contributed by atoms with E-state index in [1.54, 1.807) is 11.3 Å². The number of likely N-dealkylation sites (tertiary alicyclic amines) is 1. The van der Waals surface area contributed by atoms with Gasteiger partial charge < -0.3 is 20.1 Å². The van der Waals surface area contributed by atoms with E-state index in [0.29, 0.717) is 22.5 Å². The van der Waals surface area contributed by atoms with Crippen LogP contribution in [0.15, 0.2) is 48.5 Å². The summed E-state index contributed by atoms with van der Waals surface area (Å²) >= 11 is 7.87. The number of aryl methyl sites for hydroxylation is 2. The predicted molar refractivity (Wildman–Crippen MR) is 191 cm³/mol. The molecule has 3 aromatic carbocycles. The lowest BCUT2D eigenvalue weighted by Crippen LogP contribution is -2.51. The van der Waals surface area contributed by atoms with Crippen LogP contribution < -0.4 is 5.32 Å². The first kappa shape index (κ1) is 32.2. The number of aliphatic carboxylic acids is 1. The normalized spacial score (nSPS) is 18.6. The Morgan fingerprint density at radius 3 is 2.45 bits per heavy atom. The van der Waals surface area contributed by atoms with Gasteiger partial charge in [-0.05, 0) is 114 Å². The van der Waals surface area contributed by atoms with Crippen LogP contribution in [0.25, 0.3) is 42.8 Å². The number of carboxylic acid groups (broad SMARTS) is 1. The number of nitrogens with one attached hydrogen (secondary N) is 1. The Bertz CT molecular complexity index is 1950. The number of benzene rings is 3. The number of ether oxygens (including phenoxy) is 1. The van der Waals surface area contributed by atoms with Crippen LogP contribution >= 0.6 is 22.9 Å². The number of halogens is 1. The molecule has 10 heteroatoms. The number of carbonyl (C=O) groups is 1. The van der Waals surface area contributed by atoms with E-state index in [1.807, 2.05) is 69.8 Å². The van der Waals surface area contributed by atoms with Crippen LogP contribution in [0, 0.1) is 6.92 Å². The minimum absolute atomic E-state index is 0.424. The van der Waals surface area contributed by atoms with Gasteiger partial charge in [0.1, 0.15) is 5.01 Å². The molecule has 0 spiro atoms. The van der Waals surface area contributed by atoms with Gasteiger partial charge in [0, 0.05) is 52.7 Å². The highest BCUT2D eigenvalue weighted by molar-refractivity contribution is 7.22. The fourth-order valence-corrected chi connectivity index (χ4v) is 8.34. The summed E-state index contributed by atoms with van der Waals surface area (Å²) in [5.41, 5.74) is 6.65. The van der Waals surface area contributed by atoms with E-state index in [4.69, 9.17) is 26.4 Å². The molecule has 0 aliphatic carbocycles. The third kappa shape index (κ3) is 6.44. The number of nitrogens with zero attached hydrogens (tertiary/aromatic N) is 4. The standard InChI is InChI=1S/C37H42ClN5O3S/c1-21-18-28-34(31(22-6-9-25(38)10-7-22)30(21)33(36(44)45)46-37(2,3)4)47-35(40-28)24-8-11-29-27(19-24)32(41-42(29)5)23-13-16-43(17-14-23)20-26-12-15-39-26/h6-11,18-19,23,26,33,39H,12-17,20H2,1-5H3,(H,44,45)/t26-,33+/m1/s1. The van der Waals surface area contributed by atoms with Crippen molar-refractivity contribution in [2.75, 3.05) is 26.2 Å². The Morgan fingerprint density at radius 2 is 1.81 bits per heavy atom. The van der Waals surface area contributed by atoms with E-state index < -0.39 is 17.7 Å². The molecule has 0 bridgehead atoms. The quantitative estimate of drug-likeness (QED) is 0.173. The van der Waals surface area contributed by atoms with E-state index >= 15 is 0 Å². The molecule has 7 rings (SSSR count). The maximum absolute atomic E-state index is 12.7. The van der Waals surface area contributed by atoms with Gasteiger partial charge in [-0.3, -0.25) is 4.68 Å². The predicted octanol–water partition coefficient (Wildman–Crippen LogP) is 7.96.